The molecule has 0 spiro atoms. The van der Waals surface area contributed by atoms with Gasteiger partial charge in [-0.25, -0.2) is 8.42 Å². The lowest BCUT2D eigenvalue weighted by Gasteiger charge is -2.29. The number of benzene rings is 1. The molecule has 120 valence electrons. The summed E-state index contributed by atoms with van der Waals surface area (Å²) in [5.41, 5.74) is 0.786. The van der Waals surface area contributed by atoms with E-state index in [9.17, 15) is 8.42 Å². The Labute approximate surface area is 137 Å². The molecule has 1 aromatic rings. The monoisotopic (exact) mass is 352 g/mol. The van der Waals surface area contributed by atoms with Crippen LogP contribution in [-0.4, -0.2) is 20.8 Å². The summed E-state index contributed by atoms with van der Waals surface area (Å²) in [6.07, 6.45) is 0.814. The second kappa shape index (κ2) is 7.21. The third-order valence-corrected chi connectivity index (χ3v) is 5.02. The van der Waals surface area contributed by atoms with Crippen molar-refractivity contribution in [2.75, 3.05) is 12.4 Å². The summed E-state index contributed by atoms with van der Waals surface area (Å²) >= 11 is 6.07. The van der Waals surface area contributed by atoms with Crippen molar-refractivity contribution in [3.8, 4) is 5.75 Å². The first-order valence-corrected chi connectivity index (χ1v) is 9.72. The van der Waals surface area contributed by atoms with Gasteiger partial charge in [-0.3, -0.25) is 0 Å². The molecule has 3 nitrogen and oxygen atoms in total. The van der Waals surface area contributed by atoms with Gasteiger partial charge in [0.15, 0.2) is 0 Å². The molecular weight excluding hydrogens is 331 g/mol. The zero-order valence-corrected chi connectivity index (χ0v) is 15.1. The normalized spacial score (nSPS) is 14.0. The fraction of sp³-hybridized carbons (Fsp3) is 0.600. The molecule has 0 saturated heterocycles. The van der Waals surface area contributed by atoms with E-state index >= 15 is 0 Å². The van der Waals surface area contributed by atoms with Gasteiger partial charge in [0.1, 0.15) is 5.75 Å². The largest absolute Gasteiger partial charge is 0.493 e. The van der Waals surface area contributed by atoms with Crippen molar-refractivity contribution >= 4 is 31.3 Å². The smallest absolute Gasteiger partial charge is 0.233 e. The van der Waals surface area contributed by atoms with Crippen molar-refractivity contribution in [1.29, 1.82) is 0 Å². The minimum atomic E-state index is -3.56. The Morgan fingerprint density at radius 2 is 1.90 bits per heavy atom. The predicted molar refractivity (Wildman–Crippen MR) is 88.9 cm³/mol. The van der Waals surface area contributed by atoms with E-state index in [1.165, 1.54) is 0 Å². The Kier molecular flexibility index (Phi) is 6.38. The van der Waals surface area contributed by atoms with Crippen LogP contribution in [0, 0.1) is 11.3 Å². The van der Waals surface area contributed by atoms with E-state index in [0.717, 1.165) is 12.0 Å². The van der Waals surface area contributed by atoms with Crippen LogP contribution >= 0.6 is 22.3 Å². The molecular formula is C15H22Cl2O3S. The van der Waals surface area contributed by atoms with Crippen molar-refractivity contribution < 1.29 is 13.2 Å². The third-order valence-electron chi connectivity index (χ3n) is 3.47. The van der Waals surface area contributed by atoms with Crippen LogP contribution in [0.4, 0.5) is 0 Å². The van der Waals surface area contributed by atoms with Crippen molar-refractivity contribution in [1.82, 2.24) is 0 Å². The highest BCUT2D eigenvalue weighted by Crippen LogP contribution is 2.30. The molecule has 0 fully saturated rings. The summed E-state index contributed by atoms with van der Waals surface area (Å²) < 4.78 is 28.4. The average molecular weight is 353 g/mol. The fourth-order valence-corrected chi connectivity index (χ4v) is 3.68. The maximum Gasteiger partial charge on any atom is 0.233 e. The molecule has 1 unspecified atom stereocenters. The number of aryl methyl sites for hydroxylation is 1. The van der Waals surface area contributed by atoms with Crippen LogP contribution in [0.1, 0.15) is 33.3 Å². The van der Waals surface area contributed by atoms with Crippen LogP contribution in [0.3, 0.4) is 0 Å². The summed E-state index contributed by atoms with van der Waals surface area (Å²) in [6, 6.07) is 5.47. The number of hydrogen-bond acceptors (Lipinski definition) is 3. The summed E-state index contributed by atoms with van der Waals surface area (Å²) in [7, 11) is 1.82. The number of rotatable bonds is 6. The van der Waals surface area contributed by atoms with E-state index < -0.39 is 9.05 Å². The minimum Gasteiger partial charge on any atom is -0.493 e. The van der Waals surface area contributed by atoms with Crippen molar-refractivity contribution in [2.24, 2.45) is 11.3 Å². The molecule has 0 heterocycles. The van der Waals surface area contributed by atoms with Crippen LogP contribution in [0.25, 0.3) is 0 Å². The molecule has 0 radical (unpaired) electrons. The molecule has 21 heavy (non-hydrogen) atoms. The summed E-state index contributed by atoms with van der Waals surface area (Å²) in [5.74, 6) is 0.393. The lowest BCUT2D eigenvalue weighted by Crippen LogP contribution is -2.31. The van der Waals surface area contributed by atoms with Crippen LogP contribution < -0.4 is 4.74 Å². The second-order valence-electron chi connectivity index (χ2n) is 6.19. The molecule has 6 heteroatoms. The summed E-state index contributed by atoms with van der Waals surface area (Å²) in [5, 5.41) is 0.709. The van der Waals surface area contributed by atoms with E-state index in [1.54, 1.807) is 12.1 Å². The Balaban J connectivity index is 2.82. The van der Waals surface area contributed by atoms with Gasteiger partial charge in [0.2, 0.25) is 9.05 Å². The summed E-state index contributed by atoms with van der Waals surface area (Å²) in [6.45, 7) is 8.23. The predicted octanol–water partition coefficient (Wildman–Crippen LogP) is 4.51. The molecule has 1 atom stereocenters. The molecule has 0 aromatic heterocycles. The van der Waals surface area contributed by atoms with Gasteiger partial charge in [-0.2, -0.15) is 0 Å². The Bertz CT molecular complexity index is 577. The Morgan fingerprint density at radius 3 is 2.38 bits per heavy atom. The number of hydrogen-bond donors (Lipinski definition) is 0. The zero-order valence-electron chi connectivity index (χ0n) is 12.8. The number of ether oxygens (including phenoxy) is 1. The van der Waals surface area contributed by atoms with E-state index in [4.69, 9.17) is 27.0 Å². The fourth-order valence-electron chi connectivity index (χ4n) is 1.90. The first-order chi connectivity index (χ1) is 9.53. The zero-order chi connectivity index (χ0) is 16.3. The molecule has 0 amide bonds. The third kappa shape index (κ3) is 6.45. The molecule has 0 aliphatic heterocycles. The average Bonchev–Trinajstić information content (AvgIpc) is 2.33. The van der Waals surface area contributed by atoms with Crippen molar-refractivity contribution in [3.63, 3.8) is 0 Å². The lowest BCUT2D eigenvalue weighted by molar-refractivity contribution is 0.163. The highest BCUT2D eigenvalue weighted by Gasteiger charge is 2.29. The van der Waals surface area contributed by atoms with Crippen LogP contribution in [-0.2, 0) is 15.5 Å². The first kappa shape index (κ1) is 18.6. The van der Waals surface area contributed by atoms with Gasteiger partial charge in [-0.1, -0.05) is 39.3 Å². The minimum absolute atomic E-state index is 0.105. The van der Waals surface area contributed by atoms with Crippen LogP contribution in [0.5, 0.6) is 5.75 Å². The standard InChI is InChI=1S/C15H22Cl2O3S/c1-5-11-8-13(6-7-14(11)16)20-9-12(15(2,3)4)10-21(17,18)19/h6-8,12H,5,9-10H2,1-4H3. The highest BCUT2D eigenvalue weighted by molar-refractivity contribution is 8.13. The quantitative estimate of drug-likeness (QED) is 0.707. The highest BCUT2D eigenvalue weighted by atomic mass is 35.7. The lowest BCUT2D eigenvalue weighted by atomic mass is 9.82. The molecule has 1 rings (SSSR count). The van der Waals surface area contributed by atoms with Gasteiger partial charge in [0, 0.05) is 21.6 Å². The maximum absolute atomic E-state index is 11.3. The Morgan fingerprint density at radius 1 is 1.29 bits per heavy atom. The SMILES string of the molecule is CCc1cc(OCC(CS(=O)(=O)Cl)C(C)(C)C)ccc1Cl. The van der Waals surface area contributed by atoms with Gasteiger partial charge >= 0.3 is 0 Å². The molecule has 0 aliphatic carbocycles. The van der Waals surface area contributed by atoms with E-state index in [0.29, 0.717) is 17.4 Å². The molecule has 0 saturated carbocycles. The molecule has 1 aromatic carbocycles. The first-order valence-electron chi connectivity index (χ1n) is 6.86. The Hall–Kier alpha value is -0.450. The van der Waals surface area contributed by atoms with Gasteiger partial charge in [0.25, 0.3) is 0 Å². The molecule has 0 aliphatic rings. The van der Waals surface area contributed by atoms with Gasteiger partial charge in [-0.05, 0) is 35.6 Å². The van der Waals surface area contributed by atoms with Gasteiger partial charge in [-0.15, -0.1) is 0 Å². The van der Waals surface area contributed by atoms with E-state index in [2.05, 4.69) is 0 Å². The second-order valence-corrected chi connectivity index (χ2v) is 9.42. The maximum atomic E-state index is 11.3. The number of halogens is 2. The van der Waals surface area contributed by atoms with Crippen molar-refractivity contribution in [3.05, 3.63) is 28.8 Å². The molecule has 0 bridgehead atoms. The van der Waals surface area contributed by atoms with Gasteiger partial charge < -0.3 is 4.74 Å². The van der Waals surface area contributed by atoms with Crippen LogP contribution in [0.15, 0.2) is 18.2 Å². The van der Waals surface area contributed by atoms with E-state index in [1.807, 2.05) is 33.8 Å². The van der Waals surface area contributed by atoms with Crippen molar-refractivity contribution in [2.45, 2.75) is 34.1 Å². The van der Waals surface area contributed by atoms with E-state index in [-0.39, 0.29) is 17.1 Å². The van der Waals surface area contributed by atoms with Crippen LogP contribution in [0.2, 0.25) is 5.02 Å². The molecule has 0 N–H and O–H groups in total. The van der Waals surface area contributed by atoms with Gasteiger partial charge in [0.05, 0.1) is 12.4 Å². The topological polar surface area (TPSA) is 43.4 Å². The summed E-state index contributed by atoms with van der Waals surface area (Å²) in [4.78, 5) is 0.